The van der Waals surface area contributed by atoms with Crippen molar-refractivity contribution in [2.24, 2.45) is 0 Å². The molecule has 156 valence electrons. The molecule has 32 heavy (non-hydrogen) atoms. The van der Waals surface area contributed by atoms with Gasteiger partial charge in [-0.15, -0.1) is 0 Å². The summed E-state index contributed by atoms with van der Waals surface area (Å²) in [5.41, 5.74) is 5.44. The van der Waals surface area contributed by atoms with E-state index in [1.165, 1.54) is 0 Å². The Morgan fingerprint density at radius 3 is 2.34 bits per heavy atom. The van der Waals surface area contributed by atoms with Gasteiger partial charge in [0.05, 0.1) is 11.4 Å². The van der Waals surface area contributed by atoms with Crippen LogP contribution in [0.3, 0.4) is 0 Å². The fraction of sp³-hybridized carbons (Fsp3) is 0.0370. The van der Waals surface area contributed by atoms with Crippen LogP contribution in [-0.4, -0.2) is 21.9 Å². The highest BCUT2D eigenvalue weighted by atomic mass is 16.5. The highest BCUT2D eigenvalue weighted by molar-refractivity contribution is 5.96. The third-order valence-electron chi connectivity index (χ3n) is 5.17. The lowest BCUT2D eigenvalue weighted by molar-refractivity contribution is -0.118. The molecular formula is C27H21N3O2. The average Bonchev–Trinajstić information content (AvgIpc) is 3.28. The molecule has 0 aliphatic carbocycles. The second kappa shape index (κ2) is 8.78. The first-order valence-corrected chi connectivity index (χ1v) is 10.4. The first kappa shape index (κ1) is 19.6. The first-order chi connectivity index (χ1) is 15.8. The van der Waals surface area contributed by atoms with Crippen LogP contribution in [0, 0.1) is 0 Å². The number of nitrogens with zero attached hydrogens (tertiary/aromatic N) is 2. The van der Waals surface area contributed by atoms with Gasteiger partial charge in [0.1, 0.15) is 11.4 Å². The van der Waals surface area contributed by atoms with Gasteiger partial charge in [0.2, 0.25) is 0 Å². The van der Waals surface area contributed by atoms with Crippen molar-refractivity contribution in [1.29, 1.82) is 0 Å². The zero-order chi connectivity index (χ0) is 21.8. The van der Waals surface area contributed by atoms with Crippen LogP contribution in [-0.2, 0) is 4.79 Å². The number of anilines is 1. The summed E-state index contributed by atoms with van der Waals surface area (Å²) in [6, 6.07) is 31.3. The minimum Gasteiger partial charge on any atom is -0.484 e. The summed E-state index contributed by atoms with van der Waals surface area (Å²) in [6.45, 7) is -0.0792. The van der Waals surface area contributed by atoms with Gasteiger partial charge in [0, 0.05) is 18.0 Å². The molecule has 3 aromatic carbocycles. The highest BCUT2D eigenvalue weighted by Crippen LogP contribution is 2.27. The maximum absolute atomic E-state index is 12.6. The average molecular weight is 419 g/mol. The van der Waals surface area contributed by atoms with Gasteiger partial charge >= 0.3 is 0 Å². The second-order valence-electron chi connectivity index (χ2n) is 7.37. The van der Waals surface area contributed by atoms with Crippen LogP contribution in [0.25, 0.3) is 28.0 Å². The molecule has 2 aromatic heterocycles. The smallest absolute Gasteiger partial charge is 0.262 e. The van der Waals surface area contributed by atoms with E-state index >= 15 is 0 Å². The van der Waals surface area contributed by atoms with Gasteiger partial charge in [-0.05, 0) is 41.5 Å². The third-order valence-corrected chi connectivity index (χ3v) is 5.17. The van der Waals surface area contributed by atoms with Crippen LogP contribution in [0.2, 0.25) is 0 Å². The Hall–Kier alpha value is -4.38. The molecule has 5 rings (SSSR count). The molecule has 0 spiro atoms. The predicted octanol–water partition coefficient (Wildman–Crippen LogP) is 5.69. The Morgan fingerprint density at radius 2 is 1.53 bits per heavy atom. The molecule has 0 saturated heterocycles. The standard InChI is InChI=1S/C27H21N3O2/c31-27(19-32-22-15-13-21(14-16-22)20-8-2-1-3-9-20)29-24-11-5-4-10-23(24)25-18-30-17-7-6-12-26(30)28-25/h1-18H,19H2,(H,29,31). The number of para-hydroxylation sites is 1. The van der Waals surface area contributed by atoms with Gasteiger partial charge in [0.25, 0.3) is 5.91 Å². The van der Waals surface area contributed by atoms with Crippen LogP contribution in [0.4, 0.5) is 5.69 Å². The van der Waals surface area contributed by atoms with Crippen molar-refractivity contribution >= 4 is 17.2 Å². The number of nitrogens with one attached hydrogen (secondary N) is 1. The molecule has 2 heterocycles. The van der Waals surface area contributed by atoms with Gasteiger partial charge in [-0.3, -0.25) is 4.79 Å². The van der Waals surface area contributed by atoms with E-state index in [1.54, 1.807) is 0 Å². The molecule has 5 heteroatoms. The zero-order valence-corrected chi connectivity index (χ0v) is 17.3. The molecule has 1 N–H and O–H groups in total. The third kappa shape index (κ3) is 4.23. The quantitative estimate of drug-likeness (QED) is 0.385. The van der Waals surface area contributed by atoms with E-state index in [0.29, 0.717) is 11.4 Å². The van der Waals surface area contributed by atoms with Crippen LogP contribution in [0.5, 0.6) is 5.75 Å². The molecule has 0 aliphatic heterocycles. The Kier molecular flexibility index (Phi) is 5.37. The van der Waals surface area contributed by atoms with E-state index in [4.69, 9.17) is 4.74 Å². The number of carbonyl (C=O) groups excluding carboxylic acids is 1. The molecule has 0 aliphatic rings. The zero-order valence-electron chi connectivity index (χ0n) is 17.3. The number of hydrogen-bond donors (Lipinski definition) is 1. The number of rotatable bonds is 6. The fourth-order valence-corrected chi connectivity index (χ4v) is 3.59. The van der Waals surface area contributed by atoms with Crippen molar-refractivity contribution in [2.75, 3.05) is 11.9 Å². The molecule has 5 nitrogen and oxygen atoms in total. The number of fused-ring (bicyclic) bond motifs is 1. The van der Waals surface area contributed by atoms with Crippen LogP contribution in [0.1, 0.15) is 0 Å². The number of carbonyl (C=O) groups is 1. The minimum atomic E-state index is -0.228. The van der Waals surface area contributed by atoms with E-state index in [9.17, 15) is 4.79 Å². The lowest BCUT2D eigenvalue weighted by Crippen LogP contribution is -2.20. The van der Waals surface area contributed by atoms with Crippen LogP contribution < -0.4 is 10.1 Å². The van der Waals surface area contributed by atoms with E-state index in [1.807, 2.05) is 102 Å². The summed E-state index contributed by atoms with van der Waals surface area (Å²) < 4.78 is 7.65. The Morgan fingerprint density at radius 1 is 0.812 bits per heavy atom. The largest absolute Gasteiger partial charge is 0.484 e. The number of amides is 1. The number of aromatic nitrogens is 2. The van der Waals surface area contributed by atoms with E-state index in [-0.39, 0.29) is 12.5 Å². The Bertz CT molecular complexity index is 1330. The molecule has 0 radical (unpaired) electrons. The molecule has 0 unspecified atom stereocenters. The van der Waals surface area contributed by atoms with Gasteiger partial charge in [-0.1, -0.05) is 66.7 Å². The SMILES string of the molecule is O=C(COc1ccc(-c2ccccc2)cc1)Nc1ccccc1-c1cn2ccccc2n1. The minimum absolute atomic E-state index is 0.0792. The molecule has 0 bridgehead atoms. The normalized spacial score (nSPS) is 10.8. The predicted molar refractivity (Wildman–Crippen MR) is 127 cm³/mol. The number of ether oxygens (including phenoxy) is 1. The maximum Gasteiger partial charge on any atom is 0.262 e. The summed E-state index contributed by atoms with van der Waals surface area (Å²) in [5, 5.41) is 2.95. The van der Waals surface area contributed by atoms with Crippen molar-refractivity contribution in [3.8, 4) is 28.1 Å². The maximum atomic E-state index is 12.6. The number of benzene rings is 3. The van der Waals surface area contributed by atoms with Crippen molar-refractivity contribution < 1.29 is 9.53 Å². The monoisotopic (exact) mass is 419 g/mol. The number of pyridine rings is 1. The Balaban J connectivity index is 1.26. The Labute approximate surface area is 185 Å². The topological polar surface area (TPSA) is 55.6 Å². The van der Waals surface area contributed by atoms with Crippen LogP contribution >= 0.6 is 0 Å². The van der Waals surface area contributed by atoms with Crippen molar-refractivity contribution in [1.82, 2.24) is 9.38 Å². The molecule has 5 aromatic rings. The van der Waals surface area contributed by atoms with Gasteiger partial charge in [-0.25, -0.2) is 4.98 Å². The summed E-state index contributed by atoms with van der Waals surface area (Å²) in [4.78, 5) is 17.2. The summed E-state index contributed by atoms with van der Waals surface area (Å²) >= 11 is 0. The lowest BCUT2D eigenvalue weighted by Gasteiger charge is -2.11. The first-order valence-electron chi connectivity index (χ1n) is 10.4. The second-order valence-corrected chi connectivity index (χ2v) is 7.37. The van der Waals surface area contributed by atoms with E-state index < -0.39 is 0 Å². The summed E-state index contributed by atoms with van der Waals surface area (Å²) in [6.07, 6.45) is 3.90. The molecule has 0 fully saturated rings. The van der Waals surface area contributed by atoms with Crippen molar-refractivity contribution in [2.45, 2.75) is 0 Å². The summed E-state index contributed by atoms with van der Waals surface area (Å²) in [5.74, 6) is 0.418. The van der Waals surface area contributed by atoms with Crippen molar-refractivity contribution in [3.05, 3.63) is 109 Å². The van der Waals surface area contributed by atoms with Crippen LogP contribution in [0.15, 0.2) is 109 Å². The van der Waals surface area contributed by atoms with Crippen molar-refractivity contribution in [3.63, 3.8) is 0 Å². The fourth-order valence-electron chi connectivity index (χ4n) is 3.59. The van der Waals surface area contributed by atoms with E-state index in [0.717, 1.165) is 28.0 Å². The number of hydrogen-bond acceptors (Lipinski definition) is 3. The van der Waals surface area contributed by atoms with Gasteiger partial charge < -0.3 is 14.5 Å². The lowest BCUT2D eigenvalue weighted by atomic mass is 10.1. The molecule has 0 saturated carbocycles. The molecule has 1 amide bonds. The van der Waals surface area contributed by atoms with E-state index in [2.05, 4.69) is 22.4 Å². The molecular weight excluding hydrogens is 398 g/mol. The summed E-state index contributed by atoms with van der Waals surface area (Å²) in [7, 11) is 0. The number of imidazole rings is 1. The van der Waals surface area contributed by atoms with Gasteiger partial charge in [-0.2, -0.15) is 0 Å². The van der Waals surface area contributed by atoms with Gasteiger partial charge in [0.15, 0.2) is 6.61 Å². The molecule has 0 atom stereocenters. The highest BCUT2D eigenvalue weighted by Gasteiger charge is 2.12.